The molecule has 0 saturated carbocycles. The standard InChI is InChI=1S/C54H42N2/c1-5-17-43(18-6-1)29-31-45-33-39-51(40-34-45)55(49-23-9-3-10-24-49)53-27-15-13-21-47(53)37-38-48-22-14-16-28-54(48)56(50-25-11-4-12-26-50)52-41-35-46(36-42-52)32-30-44-19-7-2-8-20-44/h1-42H/b31-29+,32-30+,38-37+. The smallest absolute Gasteiger partial charge is 0.0533 e. The van der Waals surface area contributed by atoms with Gasteiger partial charge in [0.25, 0.3) is 0 Å². The van der Waals surface area contributed by atoms with E-state index >= 15 is 0 Å². The molecule has 56 heavy (non-hydrogen) atoms. The van der Waals surface area contributed by atoms with E-state index in [2.05, 4.69) is 253 Å². The number of nitrogens with zero attached hydrogens (tertiary/aromatic N) is 2. The molecule has 0 radical (unpaired) electrons. The molecule has 0 spiro atoms. The first kappa shape index (κ1) is 35.6. The summed E-state index contributed by atoms with van der Waals surface area (Å²) in [6.45, 7) is 0. The molecular formula is C54H42N2. The Morgan fingerprint density at radius 1 is 0.214 bits per heavy atom. The van der Waals surface area contributed by atoms with Gasteiger partial charge in [-0.25, -0.2) is 0 Å². The lowest BCUT2D eigenvalue weighted by atomic mass is 10.0. The summed E-state index contributed by atoms with van der Waals surface area (Å²) >= 11 is 0. The molecule has 0 aromatic heterocycles. The van der Waals surface area contributed by atoms with Crippen LogP contribution in [0.1, 0.15) is 33.4 Å². The van der Waals surface area contributed by atoms with Gasteiger partial charge in [0.1, 0.15) is 0 Å². The molecule has 8 aromatic rings. The zero-order valence-electron chi connectivity index (χ0n) is 31.1. The van der Waals surface area contributed by atoms with Crippen molar-refractivity contribution in [3.8, 4) is 0 Å². The van der Waals surface area contributed by atoms with Crippen LogP contribution in [0.25, 0.3) is 36.5 Å². The van der Waals surface area contributed by atoms with Gasteiger partial charge in [0.05, 0.1) is 11.4 Å². The highest BCUT2D eigenvalue weighted by molar-refractivity contribution is 5.90. The molecule has 0 N–H and O–H groups in total. The number of benzene rings is 8. The van der Waals surface area contributed by atoms with Gasteiger partial charge in [0.2, 0.25) is 0 Å². The first-order valence-electron chi connectivity index (χ1n) is 19.0. The fourth-order valence-electron chi connectivity index (χ4n) is 6.83. The number of para-hydroxylation sites is 4. The van der Waals surface area contributed by atoms with E-state index in [9.17, 15) is 0 Å². The van der Waals surface area contributed by atoms with Crippen LogP contribution in [0.3, 0.4) is 0 Å². The Bertz CT molecular complexity index is 2360. The average Bonchev–Trinajstić information content (AvgIpc) is 3.27. The van der Waals surface area contributed by atoms with E-state index in [4.69, 9.17) is 0 Å². The number of rotatable bonds is 12. The normalized spacial score (nSPS) is 11.4. The van der Waals surface area contributed by atoms with E-state index < -0.39 is 0 Å². The van der Waals surface area contributed by atoms with Gasteiger partial charge in [-0.3, -0.25) is 0 Å². The highest BCUT2D eigenvalue weighted by Crippen LogP contribution is 2.40. The number of hydrogen-bond donors (Lipinski definition) is 0. The molecule has 0 aliphatic heterocycles. The van der Waals surface area contributed by atoms with Crippen molar-refractivity contribution in [3.63, 3.8) is 0 Å². The molecule has 0 heterocycles. The molecule has 0 amide bonds. The van der Waals surface area contributed by atoms with Gasteiger partial charge < -0.3 is 9.80 Å². The predicted molar refractivity (Wildman–Crippen MR) is 242 cm³/mol. The maximum atomic E-state index is 2.33. The molecular weight excluding hydrogens is 677 g/mol. The van der Waals surface area contributed by atoms with Crippen LogP contribution in [0.2, 0.25) is 0 Å². The van der Waals surface area contributed by atoms with Crippen LogP contribution in [0.15, 0.2) is 218 Å². The minimum Gasteiger partial charge on any atom is -0.310 e. The third kappa shape index (κ3) is 8.68. The quantitative estimate of drug-likeness (QED) is 0.116. The van der Waals surface area contributed by atoms with Crippen LogP contribution >= 0.6 is 0 Å². The highest BCUT2D eigenvalue weighted by Gasteiger charge is 2.17. The number of hydrogen-bond acceptors (Lipinski definition) is 2. The average molecular weight is 719 g/mol. The van der Waals surface area contributed by atoms with Crippen molar-refractivity contribution in [1.82, 2.24) is 0 Å². The maximum Gasteiger partial charge on any atom is 0.0533 e. The van der Waals surface area contributed by atoms with Crippen molar-refractivity contribution in [2.75, 3.05) is 9.80 Å². The van der Waals surface area contributed by atoms with Crippen molar-refractivity contribution in [2.45, 2.75) is 0 Å². The summed E-state index contributed by atoms with van der Waals surface area (Å²) in [4.78, 5) is 4.67. The Labute approximate surface area is 330 Å². The molecule has 8 rings (SSSR count). The zero-order chi connectivity index (χ0) is 37.8. The second-order valence-electron chi connectivity index (χ2n) is 13.5. The Hall–Kier alpha value is -7.42. The van der Waals surface area contributed by atoms with Gasteiger partial charge in [-0.15, -0.1) is 0 Å². The van der Waals surface area contributed by atoms with E-state index in [0.717, 1.165) is 56.4 Å². The maximum absolute atomic E-state index is 2.33. The summed E-state index contributed by atoms with van der Waals surface area (Å²) in [6, 6.07) is 76.8. The van der Waals surface area contributed by atoms with Gasteiger partial charge in [0, 0.05) is 22.7 Å². The van der Waals surface area contributed by atoms with Crippen molar-refractivity contribution in [1.29, 1.82) is 0 Å². The molecule has 0 aliphatic carbocycles. The van der Waals surface area contributed by atoms with E-state index in [1.807, 2.05) is 12.1 Å². The summed E-state index contributed by atoms with van der Waals surface area (Å²) in [5.74, 6) is 0. The first-order chi connectivity index (χ1) is 27.8. The molecule has 2 heteroatoms. The third-order valence-corrected chi connectivity index (χ3v) is 9.66. The van der Waals surface area contributed by atoms with Crippen molar-refractivity contribution in [3.05, 3.63) is 252 Å². The fraction of sp³-hybridized carbons (Fsp3) is 0. The zero-order valence-corrected chi connectivity index (χ0v) is 31.1. The molecule has 0 unspecified atom stereocenters. The molecule has 268 valence electrons. The lowest BCUT2D eigenvalue weighted by Gasteiger charge is -2.28. The SMILES string of the molecule is C(=C\c1ccc(N(c2ccccc2)c2ccccc2/C=C/c2ccccc2N(c2ccccc2)c2ccc(/C=C/c3ccccc3)cc2)cc1)/c1ccccc1. The molecule has 0 saturated heterocycles. The highest BCUT2D eigenvalue weighted by atomic mass is 15.1. The van der Waals surface area contributed by atoms with E-state index in [1.54, 1.807) is 0 Å². The van der Waals surface area contributed by atoms with Gasteiger partial charge in [-0.2, -0.15) is 0 Å². The van der Waals surface area contributed by atoms with Crippen molar-refractivity contribution < 1.29 is 0 Å². The molecule has 2 nitrogen and oxygen atoms in total. The summed E-state index contributed by atoms with van der Waals surface area (Å²) in [5, 5.41) is 0. The largest absolute Gasteiger partial charge is 0.310 e. The molecule has 0 aliphatic rings. The Kier molecular flexibility index (Phi) is 11.2. The van der Waals surface area contributed by atoms with Crippen LogP contribution in [0.4, 0.5) is 34.1 Å². The second-order valence-corrected chi connectivity index (χ2v) is 13.5. The Morgan fingerprint density at radius 2 is 0.482 bits per heavy atom. The van der Waals surface area contributed by atoms with Gasteiger partial charge >= 0.3 is 0 Å². The van der Waals surface area contributed by atoms with E-state index in [0.29, 0.717) is 0 Å². The number of anilines is 6. The fourth-order valence-corrected chi connectivity index (χ4v) is 6.83. The summed E-state index contributed by atoms with van der Waals surface area (Å²) in [7, 11) is 0. The van der Waals surface area contributed by atoms with Crippen LogP contribution in [-0.2, 0) is 0 Å². The minimum absolute atomic E-state index is 1.09. The lowest BCUT2D eigenvalue weighted by molar-refractivity contribution is 1.27. The van der Waals surface area contributed by atoms with Crippen molar-refractivity contribution in [2.24, 2.45) is 0 Å². The van der Waals surface area contributed by atoms with E-state index in [1.165, 1.54) is 11.1 Å². The van der Waals surface area contributed by atoms with Crippen LogP contribution in [0, 0.1) is 0 Å². The topological polar surface area (TPSA) is 6.48 Å². The van der Waals surface area contributed by atoms with Crippen LogP contribution in [-0.4, -0.2) is 0 Å². The molecule has 8 aromatic carbocycles. The van der Waals surface area contributed by atoms with Gasteiger partial charge in [-0.05, 0) is 94.0 Å². The van der Waals surface area contributed by atoms with Gasteiger partial charge in [0.15, 0.2) is 0 Å². The van der Waals surface area contributed by atoms with Crippen LogP contribution in [0.5, 0.6) is 0 Å². The van der Waals surface area contributed by atoms with Crippen LogP contribution < -0.4 is 9.80 Å². The monoisotopic (exact) mass is 718 g/mol. The molecule has 0 fully saturated rings. The summed E-state index contributed by atoms with van der Waals surface area (Å²) < 4.78 is 0. The first-order valence-corrected chi connectivity index (χ1v) is 19.0. The van der Waals surface area contributed by atoms with Crippen molar-refractivity contribution >= 4 is 70.6 Å². The third-order valence-electron chi connectivity index (χ3n) is 9.66. The Morgan fingerprint density at radius 3 is 0.839 bits per heavy atom. The van der Waals surface area contributed by atoms with Gasteiger partial charge in [-0.1, -0.05) is 194 Å². The predicted octanol–water partition coefficient (Wildman–Crippen LogP) is 15.1. The molecule has 0 bridgehead atoms. The Balaban J connectivity index is 1.13. The molecule has 0 atom stereocenters. The van der Waals surface area contributed by atoms with E-state index in [-0.39, 0.29) is 0 Å². The minimum atomic E-state index is 1.09. The lowest BCUT2D eigenvalue weighted by Crippen LogP contribution is -2.11. The second kappa shape index (κ2) is 17.6. The summed E-state index contributed by atoms with van der Waals surface area (Å²) in [5.41, 5.74) is 13.4. The summed E-state index contributed by atoms with van der Waals surface area (Å²) in [6.07, 6.45) is 13.1.